The van der Waals surface area contributed by atoms with Crippen LogP contribution in [0, 0.1) is 6.92 Å². The Hall–Kier alpha value is -1.97. The van der Waals surface area contributed by atoms with Crippen LogP contribution in [0.4, 0.5) is 4.79 Å². The third-order valence-corrected chi connectivity index (χ3v) is 3.70. The van der Waals surface area contributed by atoms with Gasteiger partial charge in [0.2, 0.25) is 0 Å². The first kappa shape index (κ1) is 15.4. The molecule has 1 aromatic heterocycles. The van der Waals surface area contributed by atoms with Gasteiger partial charge >= 0.3 is 6.03 Å². The first-order chi connectivity index (χ1) is 10.1. The normalized spacial score (nSPS) is 12.3. The smallest absolute Gasteiger partial charge is 0.315 e. The lowest BCUT2D eigenvalue weighted by molar-refractivity contribution is 0.237. The second kappa shape index (κ2) is 7.16. The lowest BCUT2D eigenvalue weighted by Gasteiger charge is -2.13. The highest BCUT2D eigenvalue weighted by molar-refractivity contribution is 5.83. The fourth-order valence-electron chi connectivity index (χ4n) is 2.60. The minimum Gasteiger partial charge on any atom is -0.361 e. The largest absolute Gasteiger partial charge is 0.361 e. The molecule has 0 aliphatic heterocycles. The SMILES string of the molecule is CCC[C@@H](C)NC(=O)NCCc1c[nH]c2cc(C)ccc12. The number of fused-ring (bicyclic) bond motifs is 1. The molecule has 2 amide bonds. The lowest BCUT2D eigenvalue weighted by Crippen LogP contribution is -2.41. The van der Waals surface area contributed by atoms with E-state index in [1.807, 2.05) is 13.1 Å². The van der Waals surface area contributed by atoms with Gasteiger partial charge in [-0.15, -0.1) is 0 Å². The van der Waals surface area contributed by atoms with Gasteiger partial charge in [-0.25, -0.2) is 4.79 Å². The van der Waals surface area contributed by atoms with Crippen molar-refractivity contribution >= 4 is 16.9 Å². The van der Waals surface area contributed by atoms with Gasteiger partial charge in [0.15, 0.2) is 0 Å². The summed E-state index contributed by atoms with van der Waals surface area (Å²) in [7, 11) is 0. The van der Waals surface area contributed by atoms with Crippen LogP contribution in [0.15, 0.2) is 24.4 Å². The number of H-pyrrole nitrogens is 1. The molecule has 2 rings (SSSR count). The molecular formula is C17H25N3O. The summed E-state index contributed by atoms with van der Waals surface area (Å²) in [5.41, 5.74) is 3.65. The molecule has 4 heteroatoms. The van der Waals surface area contributed by atoms with Gasteiger partial charge in [-0.1, -0.05) is 25.5 Å². The minimum absolute atomic E-state index is 0.0772. The Morgan fingerprint density at radius 3 is 2.95 bits per heavy atom. The Labute approximate surface area is 126 Å². The molecular weight excluding hydrogens is 262 g/mol. The van der Waals surface area contributed by atoms with E-state index in [1.54, 1.807) is 0 Å². The van der Waals surface area contributed by atoms with Crippen LogP contribution in [0.5, 0.6) is 0 Å². The van der Waals surface area contributed by atoms with Crippen LogP contribution >= 0.6 is 0 Å². The summed E-state index contributed by atoms with van der Waals surface area (Å²) < 4.78 is 0. The topological polar surface area (TPSA) is 56.9 Å². The monoisotopic (exact) mass is 287 g/mol. The molecule has 0 spiro atoms. The molecule has 0 aliphatic carbocycles. The number of hydrogen-bond acceptors (Lipinski definition) is 1. The van der Waals surface area contributed by atoms with E-state index in [-0.39, 0.29) is 12.1 Å². The molecule has 114 valence electrons. The summed E-state index contributed by atoms with van der Waals surface area (Å²) in [6.07, 6.45) is 4.95. The number of benzene rings is 1. The first-order valence-electron chi connectivity index (χ1n) is 7.71. The molecule has 1 atom stereocenters. The van der Waals surface area contributed by atoms with Gasteiger partial charge in [0.1, 0.15) is 0 Å². The van der Waals surface area contributed by atoms with E-state index in [2.05, 4.69) is 47.7 Å². The Kier molecular flexibility index (Phi) is 5.26. The van der Waals surface area contributed by atoms with Crippen molar-refractivity contribution in [3.63, 3.8) is 0 Å². The van der Waals surface area contributed by atoms with E-state index in [0.717, 1.165) is 24.8 Å². The van der Waals surface area contributed by atoms with E-state index in [9.17, 15) is 4.79 Å². The summed E-state index contributed by atoms with van der Waals surface area (Å²) in [4.78, 5) is 15.0. The van der Waals surface area contributed by atoms with Crippen molar-refractivity contribution in [1.29, 1.82) is 0 Å². The molecule has 0 aliphatic rings. The number of urea groups is 1. The van der Waals surface area contributed by atoms with Gasteiger partial charge in [-0.3, -0.25) is 0 Å². The van der Waals surface area contributed by atoms with Crippen LogP contribution in [-0.2, 0) is 6.42 Å². The van der Waals surface area contributed by atoms with Crippen LogP contribution < -0.4 is 10.6 Å². The molecule has 3 N–H and O–H groups in total. The zero-order valence-corrected chi connectivity index (χ0v) is 13.1. The summed E-state index contributed by atoms with van der Waals surface area (Å²) in [5.74, 6) is 0. The number of rotatable bonds is 6. The summed E-state index contributed by atoms with van der Waals surface area (Å²) >= 11 is 0. The quantitative estimate of drug-likeness (QED) is 0.748. The number of aryl methyl sites for hydroxylation is 1. The highest BCUT2D eigenvalue weighted by Crippen LogP contribution is 2.19. The Balaban J connectivity index is 1.84. The van der Waals surface area contributed by atoms with Crippen LogP contribution in [0.1, 0.15) is 37.8 Å². The summed E-state index contributed by atoms with van der Waals surface area (Å²) in [6, 6.07) is 6.55. The van der Waals surface area contributed by atoms with E-state index < -0.39 is 0 Å². The molecule has 4 nitrogen and oxygen atoms in total. The average molecular weight is 287 g/mol. The van der Waals surface area contributed by atoms with Crippen molar-refractivity contribution in [1.82, 2.24) is 15.6 Å². The van der Waals surface area contributed by atoms with Gasteiger partial charge < -0.3 is 15.6 Å². The van der Waals surface area contributed by atoms with Crippen LogP contribution in [0.3, 0.4) is 0 Å². The number of aromatic amines is 1. The van der Waals surface area contributed by atoms with Gasteiger partial charge in [0.25, 0.3) is 0 Å². The zero-order valence-electron chi connectivity index (χ0n) is 13.1. The van der Waals surface area contributed by atoms with Crippen molar-refractivity contribution in [2.24, 2.45) is 0 Å². The van der Waals surface area contributed by atoms with E-state index in [4.69, 9.17) is 0 Å². The van der Waals surface area contributed by atoms with Gasteiger partial charge in [0.05, 0.1) is 0 Å². The number of carbonyl (C=O) groups is 1. The number of carbonyl (C=O) groups excluding carboxylic acids is 1. The fourth-order valence-corrected chi connectivity index (χ4v) is 2.60. The Morgan fingerprint density at radius 2 is 2.19 bits per heavy atom. The van der Waals surface area contributed by atoms with Gasteiger partial charge in [-0.05, 0) is 43.9 Å². The third-order valence-electron chi connectivity index (χ3n) is 3.70. The maximum Gasteiger partial charge on any atom is 0.315 e. The van der Waals surface area contributed by atoms with Crippen molar-refractivity contribution < 1.29 is 4.79 Å². The summed E-state index contributed by atoms with van der Waals surface area (Å²) in [5, 5.41) is 7.11. The minimum atomic E-state index is -0.0772. The maximum atomic E-state index is 11.7. The van der Waals surface area contributed by atoms with Crippen molar-refractivity contribution in [2.45, 2.75) is 46.1 Å². The van der Waals surface area contributed by atoms with Crippen LogP contribution in [-0.4, -0.2) is 23.6 Å². The molecule has 2 aromatic rings. The Bertz CT molecular complexity index is 603. The third kappa shape index (κ3) is 4.25. The molecule has 1 heterocycles. The van der Waals surface area contributed by atoms with Gasteiger partial charge in [0, 0.05) is 29.7 Å². The van der Waals surface area contributed by atoms with Crippen LogP contribution in [0.25, 0.3) is 10.9 Å². The Morgan fingerprint density at radius 1 is 1.38 bits per heavy atom. The van der Waals surface area contributed by atoms with Crippen molar-refractivity contribution in [3.8, 4) is 0 Å². The second-order valence-corrected chi connectivity index (χ2v) is 5.70. The molecule has 0 bridgehead atoms. The predicted molar refractivity (Wildman–Crippen MR) is 87.6 cm³/mol. The molecule has 0 unspecified atom stereocenters. The zero-order chi connectivity index (χ0) is 15.2. The standard InChI is InChI=1S/C17H25N3O/c1-4-5-13(3)20-17(21)18-9-8-14-11-19-16-10-12(2)6-7-15(14)16/h6-7,10-11,13,19H,4-5,8-9H2,1-3H3,(H2,18,20,21)/t13-/m1/s1. The van der Waals surface area contributed by atoms with Crippen molar-refractivity contribution in [2.75, 3.05) is 6.54 Å². The molecule has 21 heavy (non-hydrogen) atoms. The molecule has 0 saturated heterocycles. The lowest BCUT2D eigenvalue weighted by atomic mass is 10.1. The summed E-state index contributed by atoms with van der Waals surface area (Å²) in [6.45, 7) is 6.88. The maximum absolute atomic E-state index is 11.7. The first-order valence-corrected chi connectivity index (χ1v) is 7.71. The fraction of sp³-hybridized carbons (Fsp3) is 0.471. The predicted octanol–water partition coefficient (Wildman–Crippen LogP) is 3.51. The molecule has 0 saturated carbocycles. The molecule has 1 aromatic carbocycles. The second-order valence-electron chi connectivity index (χ2n) is 5.70. The number of aromatic nitrogens is 1. The number of hydrogen-bond donors (Lipinski definition) is 3. The number of nitrogens with one attached hydrogen (secondary N) is 3. The average Bonchev–Trinajstić information content (AvgIpc) is 2.81. The van der Waals surface area contributed by atoms with Gasteiger partial charge in [-0.2, -0.15) is 0 Å². The number of amides is 2. The highest BCUT2D eigenvalue weighted by atomic mass is 16.2. The van der Waals surface area contributed by atoms with E-state index >= 15 is 0 Å². The molecule has 0 fully saturated rings. The van der Waals surface area contributed by atoms with Crippen molar-refractivity contribution in [3.05, 3.63) is 35.5 Å². The van der Waals surface area contributed by atoms with E-state index in [1.165, 1.54) is 16.5 Å². The highest BCUT2D eigenvalue weighted by Gasteiger charge is 2.07. The van der Waals surface area contributed by atoms with Crippen LogP contribution in [0.2, 0.25) is 0 Å². The van der Waals surface area contributed by atoms with E-state index in [0.29, 0.717) is 6.54 Å². The molecule has 0 radical (unpaired) electrons.